The van der Waals surface area contributed by atoms with Gasteiger partial charge in [-0.1, -0.05) is 0 Å². The normalized spacial score (nSPS) is 17.1. The maximum atomic E-state index is 11.9. The molecule has 1 aromatic heterocycles. The van der Waals surface area contributed by atoms with Crippen LogP contribution in [0.5, 0.6) is 11.5 Å². The number of nitrogens with zero attached hydrogens (tertiary/aromatic N) is 1. The second-order valence-electron chi connectivity index (χ2n) is 5.51. The molecule has 2 aliphatic rings. The Balaban J connectivity index is 0.00000156. The van der Waals surface area contributed by atoms with Crippen LogP contribution in [0.3, 0.4) is 0 Å². The third-order valence-electron chi connectivity index (χ3n) is 3.80. The first-order valence-corrected chi connectivity index (χ1v) is 7.98. The molecule has 122 valence electrons. The number of anilines is 1. The Labute approximate surface area is 143 Å². The van der Waals surface area contributed by atoms with Crippen LogP contribution in [0, 0.1) is 0 Å². The molecule has 2 heterocycles. The number of rotatable bonds is 3. The molecule has 1 amide bonds. The molecule has 23 heavy (non-hydrogen) atoms. The number of thiazole rings is 1. The van der Waals surface area contributed by atoms with Crippen LogP contribution in [0.1, 0.15) is 12.8 Å². The van der Waals surface area contributed by atoms with Crippen LogP contribution < -0.4 is 20.5 Å². The van der Waals surface area contributed by atoms with E-state index in [0.29, 0.717) is 18.3 Å². The van der Waals surface area contributed by atoms with E-state index in [1.165, 1.54) is 11.3 Å². The average molecular weight is 354 g/mol. The van der Waals surface area contributed by atoms with Gasteiger partial charge in [-0.15, -0.1) is 23.7 Å². The zero-order chi connectivity index (χ0) is 15.2. The number of carbonyl (C=O) groups is 1. The van der Waals surface area contributed by atoms with Crippen molar-refractivity contribution in [3.05, 3.63) is 23.6 Å². The molecule has 3 N–H and O–H groups in total. The van der Waals surface area contributed by atoms with Gasteiger partial charge in [-0.25, -0.2) is 4.98 Å². The largest absolute Gasteiger partial charge is 0.486 e. The number of aromatic nitrogens is 1. The van der Waals surface area contributed by atoms with Gasteiger partial charge in [0.25, 0.3) is 0 Å². The molecule has 0 bridgehead atoms. The van der Waals surface area contributed by atoms with Crippen molar-refractivity contribution < 1.29 is 14.3 Å². The average Bonchev–Trinajstić information content (AvgIpc) is 3.12. The minimum Gasteiger partial charge on any atom is -0.486 e. The standard InChI is InChI=1S/C15H15N3O3S.ClH/c16-15(3-4-15)13(19)18-14-17-10(8-22-14)9-1-2-11-12(7-9)21-6-5-20-11;/h1-2,7-8H,3-6,16H2,(H,17,18,19);1H. The Morgan fingerprint density at radius 1 is 1.26 bits per heavy atom. The van der Waals surface area contributed by atoms with Gasteiger partial charge < -0.3 is 20.5 Å². The van der Waals surface area contributed by atoms with E-state index in [4.69, 9.17) is 15.2 Å². The van der Waals surface area contributed by atoms with Gasteiger partial charge in [0, 0.05) is 10.9 Å². The van der Waals surface area contributed by atoms with Crippen molar-refractivity contribution in [1.29, 1.82) is 0 Å². The van der Waals surface area contributed by atoms with Crippen molar-refractivity contribution >= 4 is 34.8 Å². The number of nitrogens with two attached hydrogens (primary N) is 1. The molecule has 1 aliphatic heterocycles. The van der Waals surface area contributed by atoms with Gasteiger partial charge >= 0.3 is 0 Å². The lowest BCUT2D eigenvalue weighted by Gasteiger charge is -2.18. The van der Waals surface area contributed by atoms with E-state index >= 15 is 0 Å². The number of nitrogens with one attached hydrogen (secondary N) is 1. The number of benzene rings is 1. The van der Waals surface area contributed by atoms with E-state index in [2.05, 4.69) is 10.3 Å². The predicted octanol–water partition coefficient (Wildman–Crippen LogP) is 2.43. The molecule has 1 aliphatic carbocycles. The Bertz CT molecular complexity index is 745. The van der Waals surface area contributed by atoms with E-state index in [1.807, 2.05) is 23.6 Å². The summed E-state index contributed by atoms with van der Waals surface area (Å²) in [4.78, 5) is 16.4. The number of hydrogen-bond donors (Lipinski definition) is 2. The third-order valence-corrected chi connectivity index (χ3v) is 4.56. The summed E-state index contributed by atoms with van der Waals surface area (Å²) in [6, 6.07) is 5.71. The lowest BCUT2D eigenvalue weighted by Crippen LogP contribution is -2.37. The van der Waals surface area contributed by atoms with E-state index in [9.17, 15) is 4.79 Å². The fraction of sp³-hybridized carbons (Fsp3) is 0.333. The summed E-state index contributed by atoms with van der Waals surface area (Å²) in [5, 5.41) is 5.25. The number of carbonyl (C=O) groups excluding carboxylic acids is 1. The van der Waals surface area contributed by atoms with E-state index < -0.39 is 5.54 Å². The number of hydrogen-bond acceptors (Lipinski definition) is 6. The molecule has 4 rings (SSSR count). The highest BCUT2D eigenvalue weighted by atomic mass is 35.5. The molecule has 0 atom stereocenters. The zero-order valence-electron chi connectivity index (χ0n) is 12.2. The lowest BCUT2D eigenvalue weighted by molar-refractivity contribution is -0.118. The quantitative estimate of drug-likeness (QED) is 0.885. The summed E-state index contributed by atoms with van der Waals surface area (Å²) >= 11 is 1.38. The molecular formula is C15H16ClN3O3S. The van der Waals surface area contributed by atoms with E-state index in [0.717, 1.165) is 35.6 Å². The van der Waals surface area contributed by atoms with Crippen LogP contribution in [0.15, 0.2) is 23.6 Å². The van der Waals surface area contributed by atoms with Gasteiger partial charge in [-0.3, -0.25) is 4.79 Å². The summed E-state index contributed by atoms with van der Waals surface area (Å²) in [6.07, 6.45) is 1.47. The van der Waals surface area contributed by atoms with Crippen molar-refractivity contribution in [3.63, 3.8) is 0 Å². The van der Waals surface area contributed by atoms with Crippen LogP contribution >= 0.6 is 23.7 Å². The van der Waals surface area contributed by atoms with Crippen LogP contribution in [-0.4, -0.2) is 29.6 Å². The molecular weight excluding hydrogens is 338 g/mol. The Morgan fingerprint density at radius 2 is 2.00 bits per heavy atom. The molecule has 0 radical (unpaired) electrons. The van der Waals surface area contributed by atoms with Gasteiger partial charge in [0.15, 0.2) is 16.6 Å². The van der Waals surface area contributed by atoms with Crippen LogP contribution in [0.4, 0.5) is 5.13 Å². The highest BCUT2D eigenvalue weighted by Gasteiger charge is 2.46. The van der Waals surface area contributed by atoms with E-state index in [1.54, 1.807) is 0 Å². The molecule has 2 aromatic rings. The summed E-state index contributed by atoms with van der Waals surface area (Å²) in [6.45, 7) is 1.12. The SMILES string of the molecule is Cl.NC1(C(=O)Nc2nc(-c3ccc4c(c3)OCCO4)cs2)CC1. The Kier molecular flexibility index (Phi) is 4.18. The summed E-state index contributed by atoms with van der Waals surface area (Å²) in [5.41, 5.74) is 6.89. The van der Waals surface area contributed by atoms with Gasteiger partial charge in [-0.2, -0.15) is 0 Å². The molecule has 1 fully saturated rings. The maximum Gasteiger partial charge on any atom is 0.246 e. The fourth-order valence-electron chi connectivity index (χ4n) is 2.25. The first-order chi connectivity index (χ1) is 10.6. The molecule has 1 saturated carbocycles. The molecule has 6 nitrogen and oxygen atoms in total. The predicted molar refractivity (Wildman–Crippen MR) is 90.6 cm³/mol. The van der Waals surface area contributed by atoms with Crippen molar-refractivity contribution in [2.45, 2.75) is 18.4 Å². The maximum absolute atomic E-state index is 11.9. The first kappa shape index (κ1) is 16.0. The van der Waals surface area contributed by atoms with Gasteiger partial charge in [0.05, 0.1) is 11.2 Å². The minimum atomic E-state index is -0.692. The van der Waals surface area contributed by atoms with Gasteiger partial charge in [-0.05, 0) is 31.0 Å². The lowest BCUT2D eigenvalue weighted by atomic mass is 10.1. The van der Waals surface area contributed by atoms with Crippen LogP contribution in [0.25, 0.3) is 11.3 Å². The highest BCUT2D eigenvalue weighted by Crippen LogP contribution is 2.36. The van der Waals surface area contributed by atoms with Crippen LogP contribution in [0.2, 0.25) is 0 Å². The van der Waals surface area contributed by atoms with Crippen molar-refractivity contribution in [2.24, 2.45) is 5.73 Å². The molecule has 0 unspecified atom stereocenters. The second kappa shape index (κ2) is 5.99. The fourth-order valence-corrected chi connectivity index (χ4v) is 2.96. The van der Waals surface area contributed by atoms with Crippen LogP contribution in [-0.2, 0) is 4.79 Å². The summed E-state index contributed by atoms with van der Waals surface area (Å²) < 4.78 is 11.1. The number of amides is 1. The number of fused-ring (bicyclic) bond motifs is 1. The third kappa shape index (κ3) is 3.12. The molecule has 8 heteroatoms. The number of halogens is 1. The second-order valence-corrected chi connectivity index (χ2v) is 6.36. The molecule has 1 aromatic carbocycles. The first-order valence-electron chi connectivity index (χ1n) is 7.10. The van der Waals surface area contributed by atoms with Gasteiger partial charge in [0.1, 0.15) is 13.2 Å². The monoisotopic (exact) mass is 353 g/mol. The Hall–Kier alpha value is -1.83. The Morgan fingerprint density at radius 3 is 2.74 bits per heavy atom. The van der Waals surface area contributed by atoms with Crippen molar-refractivity contribution in [1.82, 2.24) is 4.98 Å². The van der Waals surface area contributed by atoms with Crippen molar-refractivity contribution in [3.8, 4) is 22.8 Å². The topological polar surface area (TPSA) is 86.5 Å². The highest BCUT2D eigenvalue weighted by molar-refractivity contribution is 7.14. The smallest absolute Gasteiger partial charge is 0.246 e. The van der Waals surface area contributed by atoms with Crippen molar-refractivity contribution in [2.75, 3.05) is 18.5 Å². The summed E-state index contributed by atoms with van der Waals surface area (Å²) in [5.74, 6) is 1.31. The zero-order valence-corrected chi connectivity index (χ0v) is 13.8. The van der Waals surface area contributed by atoms with Gasteiger partial charge in [0.2, 0.25) is 5.91 Å². The molecule has 0 saturated heterocycles. The number of ether oxygens (including phenoxy) is 2. The summed E-state index contributed by atoms with van der Waals surface area (Å²) in [7, 11) is 0. The van der Waals surface area contributed by atoms with E-state index in [-0.39, 0.29) is 18.3 Å². The minimum absolute atomic E-state index is 0. The molecule has 0 spiro atoms.